The summed E-state index contributed by atoms with van der Waals surface area (Å²) in [5.41, 5.74) is 0. The lowest BCUT2D eigenvalue weighted by Gasteiger charge is -2.20. The number of phosphoric ester groups is 1. The number of aliphatic hydroxyl groups excluding tert-OH is 2. The van der Waals surface area contributed by atoms with Gasteiger partial charge in [-0.3, -0.25) is 18.6 Å². The first-order valence-corrected chi connectivity index (χ1v) is 19.9. The van der Waals surface area contributed by atoms with E-state index in [1.165, 1.54) is 57.8 Å². The average molecular weight is 703 g/mol. The molecule has 10 nitrogen and oxygen atoms in total. The van der Waals surface area contributed by atoms with Gasteiger partial charge in [0.2, 0.25) is 0 Å². The second kappa shape index (κ2) is 33.7. The third kappa shape index (κ3) is 32.7. The van der Waals surface area contributed by atoms with E-state index in [9.17, 15) is 24.2 Å². The molecular weight excluding hydrogens is 635 g/mol. The largest absolute Gasteiger partial charge is 0.472 e. The van der Waals surface area contributed by atoms with Gasteiger partial charge in [-0.05, 0) is 51.4 Å². The normalized spacial score (nSPS) is 14.5. The molecule has 0 fully saturated rings. The van der Waals surface area contributed by atoms with Crippen LogP contribution in [0, 0.1) is 0 Å². The van der Waals surface area contributed by atoms with Crippen molar-refractivity contribution < 1.29 is 47.8 Å². The lowest BCUT2D eigenvalue weighted by molar-refractivity contribution is -0.161. The fraction of sp³-hybridized carbons (Fsp3) is 0.784. The van der Waals surface area contributed by atoms with Crippen LogP contribution >= 0.6 is 7.82 Å². The van der Waals surface area contributed by atoms with E-state index >= 15 is 0 Å². The number of allylic oxidation sites excluding steroid dienone is 6. The molecule has 280 valence electrons. The van der Waals surface area contributed by atoms with Gasteiger partial charge in [-0.15, -0.1) is 0 Å². The maximum atomic E-state index is 12.5. The number of hydrogen-bond acceptors (Lipinski definition) is 9. The highest BCUT2D eigenvalue weighted by Gasteiger charge is 2.27. The van der Waals surface area contributed by atoms with Gasteiger partial charge in [-0.1, -0.05) is 121 Å². The first-order chi connectivity index (χ1) is 23.2. The van der Waals surface area contributed by atoms with Gasteiger partial charge in [0, 0.05) is 12.8 Å². The van der Waals surface area contributed by atoms with Crippen LogP contribution in [0.5, 0.6) is 0 Å². The van der Waals surface area contributed by atoms with E-state index in [0.717, 1.165) is 51.4 Å². The molecule has 0 heterocycles. The maximum Gasteiger partial charge on any atom is 0.472 e. The Morgan fingerprint density at radius 1 is 0.625 bits per heavy atom. The zero-order valence-electron chi connectivity index (χ0n) is 29.9. The minimum absolute atomic E-state index is 0.136. The summed E-state index contributed by atoms with van der Waals surface area (Å²) in [6.07, 6.45) is 31.2. The highest BCUT2D eigenvalue weighted by Crippen LogP contribution is 2.43. The zero-order chi connectivity index (χ0) is 35.6. The number of esters is 2. The first kappa shape index (κ1) is 46.2. The summed E-state index contributed by atoms with van der Waals surface area (Å²) in [5.74, 6) is -0.973. The second-order valence-electron chi connectivity index (χ2n) is 12.3. The number of carbonyl (C=O) groups excluding carboxylic acids is 2. The van der Waals surface area contributed by atoms with Crippen molar-refractivity contribution in [3.8, 4) is 0 Å². The van der Waals surface area contributed by atoms with Gasteiger partial charge in [0.25, 0.3) is 0 Å². The standard InChI is InChI=1S/C37H67O10P/c1-3-5-7-9-11-13-15-16-17-18-19-21-23-25-27-29-37(41)47-35(33-46-48(42,43)45-31-34(39)30-38)32-44-36(40)28-26-24-22-20-14-12-10-8-6-4-2/h11,13,16-17,19,21,34-35,38-39H,3-10,12,14-15,18,20,22-33H2,1-2H3,(H,42,43)/b13-11+,17-16+,21-19+/t34-,35+/m0/s1. The highest BCUT2D eigenvalue weighted by molar-refractivity contribution is 7.47. The quantitative estimate of drug-likeness (QED) is 0.0257. The van der Waals surface area contributed by atoms with Gasteiger partial charge >= 0.3 is 19.8 Å². The van der Waals surface area contributed by atoms with Crippen LogP contribution < -0.4 is 0 Å². The van der Waals surface area contributed by atoms with Crippen LogP contribution in [-0.2, 0) is 32.7 Å². The molecule has 0 saturated carbocycles. The van der Waals surface area contributed by atoms with Gasteiger partial charge < -0.3 is 24.6 Å². The van der Waals surface area contributed by atoms with Crippen LogP contribution in [0.15, 0.2) is 36.5 Å². The van der Waals surface area contributed by atoms with Crippen LogP contribution in [0.4, 0.5) is 0 Å². The van der Waals surface area contributed by atoms with Crippen LogP contribution in [0.25, 0.3) is 0 Å². The van der Waals surface area contributed by atoms with E-state index in [4.69, 9.17) is 19.1 Å². The Kier molecular flexibility index (Phi) is 32.4. The number of hydrogen-bond donors (Lipinski definition) is 3. The topological polar surface area (TPSA) is 149 Å². The lowest BCUT2D eigenvalue weighted by atomic mass is 10.1. The van der Waals surface area contributed by atoms with Crippen molar-refractivity contribution in [2.45, 2.75) is 161 Å². The zero-order valence-corrected chi connectivity index (χ0v) is 30.8. The summed E-state index contributed by atoms with van der Waals surface area (Å²) in [4.78, 5) is 34.7. The molecule has 0 amide bonds. The number of rotatable bonds is 34. The summed E-state index contributed by atoms with van der Waals surface area (Å²) in [6, 6.07) is 0. The van der Waals surface area contributed by atoms with Gasteiger partial charge in [0.15, 0.2) is 6.10 Å². The van der Waals surface area contributed by atoms with Gasteiger partial charge in [0.05, 0.1) is 19.8 Å². The average Bonchev–Trinajstić information content (AvgIpc) is 3.07. The molecule has 11 heteroatoms. The predicted molar refractivity (Wildman–Crippen MR) is 191 cm³/mol. The number of aliphatic hydroxyl groups is 2. The Balaban J connectivity index is 4.47. The van der Waals surface area contributed by atoms with E-state index in [-0.39, 0.29) is 19.4 Å². The SMILES string of the molecule is CCCCC/C=C/C/C=C/C/C=C/CCCCC(=O)O[C@H](COC(=O)CCCCCCCCCCCC)COP(=O)(O)OC[C@@H](O)CO. The van der Waals surface area contributed by atoms with E-state index in [1.54, 1.807) is 0 Å². The Bertz CT molecular complexity index is 905. The molecule has 0 aliphatic rings. The Hall–Kier alpha value is -1.81. The lowest BCUT2D eigenvalue weighted by Crippen LogP contribution is -2.29. The molecule has 0 spiro atoms. The molecule has 48 heavy (non-hydrogen) atoms. The summed E-state index contributed by atoms with van der Waals surface area (Å²) >= 11 is 0. The van der Waals surface area contributed by atoms with Crippen molar-refractivity contribution in [3.63, 3.8) is 0 Å². The Morgan fingerprint density at radius 3 is 1.67 bits per heavy atom. The molecule has 0 aliphatic carbocycles. The van der Waals surface area contributed by atoms with E-state index in [2.05, 4.69) is 54.8 Å². The van der Waals surface area contributed by atoms with Crippen molar-refractivity contribution in [2.75, 3.05) is 26.4 Å². The molecule has 3 N–H and O–H groups in total. The van der Waals surface area contributed by atoms with E-state index in [1.807, 2.05) is 0 Å². The Morgan fingerprint density at radius 2 is 1.08 bits per heavy atom. The fourth-order valence-electron chi connectivity index (χ4n) is 4.64. The van der Waals surface area contributed by atoms with Crippen LogP contribution in [0.2, 0.25) is 0 Å². The monoisotopic (exact) mass is 702 g/mol. The number of ether oxygens (including phenoxy) is 2. The first-order valence-electron chi connectivity index (χ1n) is 18.4. The number of phosphoric acid groups is 1. The fourth-order valence-corrected chi connectivity index (χ4v) is 5.43. The van der Waals surface area contributed by atoms with Crippen molar-refractivity contribution in [1.82, 2.24) is 0 Å². The van der Waals surface area contributed by atoms with Gasteiger partial charge in [0.1, 0.15) is 12.7 Å². The minimum Gasteiger partial charge on any atom is -0.462 e. The molecule has 1 unspecified atom stereocenters. The third-order valence-corrected chi connectivity index (χ3v) is 8.50. The highest BCUT2D eigenvalue weighted by atomic mass is 31.2. The van der Waals surface area contributed by atoms with Crippen molar-refractivity contribution in [3.05, 3.63) is 36.5 Å². The summed E-state index contributed by atoms with van der Waals surface area (Å²) in [6.45, 7) is 2.26. The molecule has 0 aliphatic heterocycles. The molecule has 0 radical (unpaired) electrons. The molecule has 0 aromatic carbocycles. The van der Waals surface area contributed by atoms with Crippen molar-refractivity contribution in [1.29, 1.82) is 0 Å². The molecule has 3 atom stereocenters. The maximum absolute atomic E-state index is 12.5. The minimum atomic E-state index is -4.62. The van der Waals surface area contributed by atoms with E-state index < -0.39 is 51.8 Å². The smallest absolute Gasteiger partial charge is 0.462 e. The van der Waals surface area contributed by atoms with Crippen LogP contribution in [-0.4, -0.2) is 65.7 Å². The van der Waals surface area contributed by atoms with Crippen LogP contribution in [0.3, 0.4) is 0 Å². The van der Waals surface area contributed by atoms with Gasteiger partial charge in [-0.2, -0.15) is 0 Å². The Labute approximate surface area is 291 Å². The summed E-state index contributed by atoms with van der Waals surface area (Å²) in [5, 5.41) is 18.2. The number of carbonyl (C=O) groups is 2. The van der Waals surface area contributed by atoms with Crippen molar-refractivity contribution in [2.24, 2.45) is 0 Å². The van der Waals surface area contributed by atoms with Crippen LogP contribution in [0.1, 0.15) is 149 Å². The van der Waals surface area contributed by atoms with E-state index in [0.29, 0.717) is 12.8 Å². The second-order valence-corrected chi connectivity index (χ2v) is 13.7. The van der Waals surface area contributed by atoms with Gasteiger partial charge in [-0.25, -0.2) is 4.57 Å². The summed E-state index contributed by atoms with van der Waals surface area (Å²) < 4.78 is 32.5. The molecule has 0 aromatic rings. The molecule has 0 bridgehead atoms. The molecule has 0 saturated heterocycles. The summed E-state index contributed by atoms with van der Waals surface area (Å²) in [7, 11) is -4.62. The number of unbranched alkanes of at least 4 members (excludes halogenated alkanes) is 14. The predicted octanol–water partition coefficient (Wildman–Crippen LogP) is 8.83. The van der Waals surface area contributed by atoms with Crippen molar-refractivity contribution >= 4 is 19.8 Å². The molecular formula is C37H67O10P. The molecule has 0 rings (SSSR count). The third-order valence-electron chi connectivity index (χ3n) is 7.55. The molecule has 0 aromatic heterocycles.